The zero-order valence-electron chi connectivity index (χ0n) is 23.4. The van der Waals surface area contributed by atoms with Crippen LogP contribution in [0.4, 0.5) is 15.9 Å². The monoisotopic (exact) mass is 571 g/mol. The Kier molecular flexibility index (Phi) is 9.48. The van der Waals surface area contributed by atoms with Gasteiger partial charge in [0.2, 0.25) is 0 Å². The van der Waals surface area contributed by atoms with Gasteiger partial charge in [0.25, 0.3) is 5.91 Å². The van der Waals surface area contributed by atoms with Gasteiger partial charge < -0.3 is 19.4 Å². The molecule has 5 rings (SSSR count). The Bertz CT molecular complexity index is 1450. The second-order valence-electron chi connectivity index (χ2n) is 9.99. The first-order valence-electron chi connectivity index (χ1n) is 13.6. The molecule has 1 saturated heterocycles. The van der Waals surface area contributed by atoms with Gasteiger partial charge in [0.15, 0.2) is 5.16 Å². The normalized spacial score (nSPS) is 13.3. The van der Waals surface area contributed by atoms with Crippen LogP contribution in [-0.4, -0.2) is 61.1 Å². The highest BCUT2D eigenvalue weighted by molar-refractivity contribution is 7.98. The van der Waals surface area contributed by atoms with E-state index in [1.165, 1.54) is 6.07 Å². The molecule has 1 fully saturated rings. The molecule has 3 aromatic carbocycles. The molecule has 1 amide bonds. The largest absolute Gasteiger partial charge is 0.378 e. The van der Waals surface area contributed by atoms with E-state index in [0.717, 1.165) is 35.7 Å². The maximum absolute atomic E-state index is 14.3. The van der Waals surface area contributed by atoms with Crippen LogP contribution >= 0.6 is 11.8 Å². The summed E-state index contributed by atoms with van der Waals surface area (Å²) in [5.41, 5.74) is 4.30. The molecule has 0 atom stereocenters. The molecule has 0 spiro atoms. The lowest BCUT2D eigenvalue weighted by Gasteiger charge is -2.37. The van der Waals surface area contributed by atoms with Crippen LogP contribution in [0.25, 0.3) is 0 Å². The number of anilines is 2. The van der Waals surface area contributed by atoms with Crippen molar-refractivity contribution in [1.29, 1.82) is 0 Å². The van der Waals surface area contributed by atoms with Gasteiger partial charge in [-0.1, -0.05) is 66.4 Å². The van der Waals surface area contributed by atoms with Crippen LogP contribution in [-0.2, 0) is 23.6 Å². The summed E-state index contributed by atoms with van der Waals surface area (Å²) in [6, 6.07) is 26.6. The van der Waals surface area contributed by atoms with Gasteiger partial charge in [-0.2, -0.15) is 0 Å². The number of thioether (sulfide) groups is 1. The number of hydrogen-bond acceptors (Lipinski definition) is 7. The maximum atomic E-state index is 14.3. The van der Waals surface area contributed by atoms with Crippen LogP contribution in [0.5, 0.6) is 0 Å². The number of ether oxygens (including phenoxy) is 1. The van der Waals surface area contributed by atoms with Crippen molar-refractivity contribution in [2.45, 2.75) is 24.1 Å². The van der Waals surface area contributed by atoms with Gasteiger partial charge in [-0.25, -0.2) is 14.4 Å². The first kappa shape index (κ1) is 28.6. The SMILES string of the molecule is COCc1cc(N2CCN(c3ccccc3F)CC2)nc(SCc2ccc(C(=O)N(C)Cc3ccccc3)cc2)n1. The molecule has 0 saturated carbocycles. The molecule has 212 valence electrons. The number of carbonyl (C=O) groups excluding carboxylic acids is 1. The molecule has 1 aliphatic heterocycles. The van der Waals surface area contributed by atoms with E-state index >= 15 is 0 Å². The number of nitrogens with zero attached hydrogens (tertiary/aromatic N) is 5. The molecule has 41 heavy (non-hydrogen) atoms. The Morgan fingerprint density at radius 3 is 2.29 bits per heavy atom. The predicted octanol–water partition coefficient (Wildman–Crippen LogP) is 5.65. The Morgan fingerprint density at radius 1 is 0.902 bits per heavy atom. The number of halogens is 1. The van der Waals surface area contributed by atoms with E-state index in [0.29, 0.717) is 48.4 Å². The second kappa shape index (κ2) is 13.6. The van der Waals surface area contributed by atoms with Gasteiger partial charge in [-0.3, -0.25) is 4.79 Å². The number of carbonyl (C=O) groups is 1. The van der Waals surface area contributed by atoms with Gasteiger partial charge in [-0.15, -0.1) is 0 Å². The highest BCUT2D eigenvalue weighted by atomic mass is 32.2. The van der Waals surface area contributed by atoms with Crippen molar-refractivity contribution in [2.24, 2.45) is 0 Å². The molecular formula is C32H34FN5O2S. The molecule has 7 nitrogen and oxygen atoms in total. The fourth-order valence-corrected chi connectivity index (χ4v) is 5.66. The van der Waals surface area contributed by atoms with Gasteiger partial charge in [-0.05, 0) is 35.4 Å². The Labute approximate surface area is 245 Å². The molecule has 9 heteroatoms. The van der Waals surface area contributed by atoms with Gasteiger partial charge in [0.1, 0.15) is 11.6 Å². The highest BCUT2D eigenvalue weighted by Crippen LogP contribution is 2.26. The topological polar surface area (TPSA) is 61.8 Å². The fraction of sp³-hybridized carbons (Fsp3) is 0.281. The summed E-state index contributed by atoms with van der Waals surface area (Å²) in [5.74, 6) is 1.32. The maximum Gasteiger partial charge on any atom is 0.253 e. The summed E-state index contributed by atoms with van der Waals surface area (Å²) in [6.45, 7) is 3.84. The van der Waals surface area contributed by atoms with E-state index in [1.54, 1.807) is 29.8 Å². The molecule has 0 aliphatic carbocycles. The van der Waals surface area contributed by atoms with Crippen molar-refractivity contribution in [1.82, 2.24) is 14.9 Å². The minimum atomic E-state index is -0.194. The summed E-state index contributed by atoms with van der Waals surface area (Å²) in [6.07, 6.45) is 0. The van der Waals surface area contributed by atoms with Crippen LogP contribution in [0.15, 0.2) is 90.1 Å². The minimum absolute atomic E-state index is 0.0107. The van der Waals surface area contributed by atoms with E-state index in [9.17, 15) is 9.18 Å². The Morgan fingerprint density at radius 2 is 1.59 bits per heavy atom. The minimum Gasteiger partial charge on any atom is -0.378 e. The van der Waals surface area contributed by atoms with Crippen molar-refractivity contribution < 1.29 is 13.9 Å². The first-order chi connectivity index (χ1) is 20.0. The number of rotatable bonds is 10. The standard InChI is InChI=1S/C32H34FN5O2S/c1-36(21-24-8-4-3-5-9-24)31(39)26-14-12-25(13-15-26)23-41-32-34-27(22-40-2)20-30(35-32)38-18-16-37(17-19-38)29-11-7-6-10-28(29)33/h3-15,20H,16-19,21-23H2,1-2H3. The quantitative estimate of drug-likeness (QED) is 0.180. The van der Waals surface area contributed by atoms with Crippen molar-refractivity contribution in [3.05, 3.63) is 113 Å². The second-order valence-corrected chi connectivity index (χ2v) is 10.9. The van der Waals surface area contributed by atoms with Crippen molar-refractivity contribution >= 4 is 29.2 Å². The zero-order chi connectivity index (χ0) is 28.6. The van der Waals surface area contributed by atoms with E-state index in [4.69, 9.17) is 14.7 Å². The first-order valence-corrected chi connectivity index (χ1v) is 14.6. The average molecular weight is 572 g/mol. The summed E-state index contributed by atoms with van der Waals surface area (Å²) >= 11 is 1.55. The van der Waals surface area contributed by atoms with E-state index in [2.05, 4.69) is 9.80 Å². The molecule has 0 N–H and O–H groups in total. The summed E-state index contributed by atoms with van der Waals surface area (Å²) < 4.78 is 19.6. The molecule has 1 aromatic heterocycles. The summed E-state index contributed by atoms with van der Waals surface area (Å²) in [4.78, 5) is 28.5. The number of amides is 1. The van der Waals surface area contributed by atoms with Crippen LogP contribution in [0.1, 0.15) is 27.2 Å². The lowest BCUT2D eigenvalue weighted by Crippen LogP contribution is -2.47. The third-order valence-corrected chi connectivity index (χ3v) is 7.93. The lowest BCUT2D eigenvalue weighted by molar-refractivity contribution is 0.0785. The van der Waals surface area contributed by atoms with Crippen LogP contribution < -0.4 is 9.80 Å². The van der Waals surface area contributed by atoms with Crippen molar-refractivity contribution in [2.75, 3.05) is 50.1 Å². The number of piperazine rings is 1. The van der Waals surface area contributed by atoms with Crippen LogP contribution in [0.2, 0.25) is 0 Å². The number of benzene rings is 3. The number of para-hydroxylation sites is 1. The highest BCUT2D eigenvalue weighted by Gasteiger charge is 2.21. The van der Waals surface area contributed by atoms with Crippen molar-refractivity contribution in [3.63, 3.8) is 0 Å². The molecule has 0 bridgehead atoms. The lowest BCUT2D eigenvalue weighted by atomic mass is 10.1. The molecule has 0 unspecified atom stereocenters. The van der Waals surface area contributed by atoms with Gasteiger partial charge in [0, 0.05) is 64.3 Å². The Balaban J connectivity index is 1.21. The van der Waals surface area contributed by atoms with Crippen molar-refractivity contribution in [3.8, 4) is 0 Å². The van der Waals surface area contributed by atoms with E-state index in [1.807, 2.05) is 79.8 Å². The predicted molar refractivity (Wildman–Crippen MR) is 162 cm³/mol. The fourth-order valence-electron chi connectivity index (χ4n) is 4.83. The van der Waals surface area contributed by atoms with Gasteiger partial charge in [0.05, 0.1) is 18.0 Å². The molecule has 2 heterocycles. The molecule has 1 aliphatic rings. The molecule has 4 aromatic rings. The number of hydrogen-bond donors (Lipinski definition) is 0. The molecule has 0 radical (unpaired) electrons. The average Bonchev–Trinajstić information content (AvgIpc) is 3.01. The third-order valence-electron chi connectivity index (χ3n) is 7.01. The molecular weight excluding hydrogens is 537 g/mol. The number of aromatic nitrogens is 2. The summed E-state index contributed by atoms with van der Waals surface area (Å²) in [7, 11) is 3.47. The van der Waals surface area contributed by atoms with E-state index < -0.39 is 0 Å². The smallest absolute Gasteiger partial charge is 0.253 e. The van der Waals surface area contributed by atoms with Gasteiger partial charge >= 0.3 is 0 Å². The van der Waals surface area contributed by atoms with E-state index in [-0.39, 0.29) is 11.7 Å². The van der Waals surface area contributed by atoms with Crippen LogP contribution in [0.3, 0.4) is 0 Å². The summed E-state index contributed by atoms with van der Waals surface area (Å²) in [5, 5.41) is 0.675. The zero-order valence-corrected chi connectivity index (χ0v) is 24.2. The number of methoxy groups -OCH3 is 1. The van der Waals surface area contributed by atoms with Crippen LogP contribution in [0, 0.1) is 5.82 Å². The Hall–Kier alpha value is -3.95. The third kappa shape index (κ3) is 7.42.